The van der Waals surface area contributed by atoms with E-state index in [1.807, 2.05) is 44.2 Å². The lowest BCUT2D eigenvalue weighted by atomic mass is 9.74. The smallest absolute Gasteiger partial charge is 0.426 e. The van der Waals surface area contributed by atoms with Crippen LogP contribution in [0.3, 0.4) is 0 Å². The molecule has 0 aliphatic carbocycles. The van der Waals surface area contributed by atoms with Gasteiger partial charge in [0.1, 0.15) is 5.69 Å². The maximum Gasteiger partial charge on any atom is 0.475 e. The van der Waals surface area contributed by atoms with Gasteiger partial charge in [0.2, 0.25) is 5.91 Å². The fourth-order valence-corrected chi connectivity index (χ4v) is 3.20. The number of nitrogens with one attached hydrogen (secondary N) is 1. The summed E-state index contributed by atoms with van der Waals surface area (Å²) in [6.07, 6.45) is -0.989. The van der Waals surface area contributed by atoms with Crippen molar-refractivity contribution in [1.82, 2.24) is 10.3 Å². The number of carbonyl (C=O) groups is 2. The van der Waals surface area contributed by atoms with Crippen LogP contribution in [0.1, 0.15) is 44.1 Å². The zero-order valence-corrected chi connectivity index (χ0v) is 17.5. The number of amides is 1. The summed E-state index contributed by atoms with van der Waals surface area (Å²) in [5, 5.41) is 31.7. The van der Waals surface area contributed by atoms with Gasteiger partial charge < -0.3 is 20.5 Å². The third-order valence-electron chi connectivity index (χ3n) is 4.84. The molecule has 1 unspecified atom stereocenters. The molecule has 7 nitrogen and oxygen atoms in total. The predicted molar refractivity (Wildman–Crippen MR) is 115 cm³/mol. The number of Topliss-reactive ketones (excluding diaryl/α,β-unsaturated/α-hetero) is 1. The molecular weight excluding hydrogens is 383 g/mol. The van der Waals surface area contributed by atoms with E-state index in [1.165, 1.54) is 6.92 Å². The van der Waals surface area contributed by atoms with Gasteiger partial charge in [0, 0.05) is 12.0 Å². The Kier molecular flexibility index (Phi) is 8.71. The highest BCUT2D eigenvalue weighted by Crippen LogP contribution is 2.19. The molecule has 0 radical (unpaired) electrons. The van der Waals surface area contributed by atoms with Crippen LogP contribution < -0.4 is 5.32 Å². The van der Waals surface area contributed by atoms with Crippen molar-refractivity contribution in [3.63, 3.8) is 0 Å². The van der Waals surface area contributed by atoms with Crippen LogP contribution in [0.4, 0.5) is 0 Å². The standard InChI is InChI=1S/C22H29BN2O5/c1-14(2)12-21(23(29)30)25-22(28)17(15(3)26)13-20(27)19-11-7-10-18(24-19)16-8-5-4-6-9-16/h4-11,14-15,17,21,26,29-30H,12-13H2,1-3H3,(H,25,28)/t15-,17?,21+/m1/s1. The van der Waals surface area contributed by atoms with Crippen LogP contribution in [-0.2, 0) is 4.79 Å². The number of rotatable bonds is 10. The van der Waals surface area contributed by atoms with Gasteiger partial charge in [-0.25, -0.2) is 4.98 Å². The second kappa shape index (κ2) is 11.0. The highest BCUT2D eigenvalue weighted by molar-refractivity contribution is 6.43. The zero-order chi connectivity index (χ0) is 22.3. The van der Waals surface area contributed by atoms with E-state index < -0.39 is 31.0 Å². The van der Waals surface area contributed by atoms with Crippen LogP contribution >= 0.6 is 0 Å². The van der Waals surface area contributed by atoms with Crippen LogP contribution in [-0.4, -0.2) is 51.0 Å². The summed E-state index contributed by atoms with van der Waals surface area (Å²) in [5.74, 6) is -2.77. The maximum absolute atomic E-state index is 12.8. The largest absolute Gasteiger partial charge is 0.475 e. The molecule has 4 N–H and O–H groups in total. The second-order valence-electron chi connectivity index (χ2n) is 7.91. The lowest BCUT2D eigenvalue weighted by Gasteiger charge is -2.24. The van der Waals surface area contributed by atoms with Crippen molar-refractivity contribution in [1.29, 1.82) is 0 Å². The minimum absolute atomic E-state index is 0.119. The van der Waals surface area contributed by atoms with Gasteiger partial charge in [0.05, 0.1) is 23.7 Å². The first kappa shape index (κ1) is 23.7. The number of hydrogen-bond donors (Lipinski definition) is 4. The van der Waals surface area contributed by atoms with E-state index in [0.717, 1.165) is 5.56 Å². The van der Waals surface area contributed by atoms with E-state index in [-0.39, 0.29) is 23.8 Å². The quantitative estimate of drug-likeness (QED) is 0.349. The third kappa shape index (κ3) is 6.76. The highest BCUT2D eigenvalue weighted by atomic mass is 16.4. The number of ketones is 1. The minimum Gasteiger partial charge on any atom is -0.426 e. The van der Waals surface area contributed by atoms with Gasteiger partial charge in [-0.05, 0) is 31.4 Å². The van der Waals surface area contributed by atoms with Gasteiger partial charge in [0.15, 0.2) is 5.78 Å². The fourth-order valence-electron chi connectivity index (χ4n) is 3.20. The van der Waals surface area contributed by atoms with Crippen LogP contribution in [0.2, 0.25) is 0 Å². The van der Waals surface area contributed by atoms with E-state index in [0.29, 0.717) is 12.1 Å². The SMILES string of the molecule is CC(C)C[C@H](NC(=O)C(CC(=O)c1cccc(-c2ccccc2)n1)[C@@H](C)O)B(O)O. The molecule has 30 heavy (non-hydrogen) atoms. The molecule has 0 aliphatic heterocycles. The van der Waals surface area contributed by atoms with E-state index in [9.17, 15) is 24.7 Å². The summed E-state index contributed by atoms with van der Waals surface area (Å²) < 4.78 is 0. The topological polar surface area (TPSA) is 120 Å². The Morgan fingerprint density at radius 1 is 1.03 bits per heavy atom. The van der Waals surface area contributed by atoms with Crippen molar-refractivity contribution >= 4 is 18.8 Å². The number of aliphatic hydroxyl groups is 1. The van der Waals surface area contributed by atoms with E-state index in [1.54, 1.807) is 18.2 Å². The Morgan fingerprint density at radius 2 is 1.70 bits per heavy atom. The highest BCUT2D eigenvalue weighted by Gasteiger charge is 2.32. The van der Waals surface area contributed by atoms with Crippen molar-refractivity contribution in [2.45, 2.75) is 45.7 Å². The van der Waals surface area contributed by atoms with Gasteiger partial charge in [-0.15, -0.1) is 0 Å². The van der Waals surface area contributed by atoms with Gasteiger partial charge >= 0.3 is 7.12 Å². The number of nitrogens with zero attached hydrogens (tertiary/aromatic N) is 1. The molecule has 8 heteroatoms. The summed E-state index contributed by atoms with van der Waals surface area (Å²) in [6.45, 7) is 5.21. The molecule has 2 aromatic rings. The predicted octanol–water partition coefficient (Wildman–Crippen LogP) is 1.86. The van der Waals surface area contributed by atoms with Gasteiger partial charge in [-0.3, -0.25) is 9.59 Å². The first-order valence-electron chi connectivity index (χ1n) is 10.1. The van der Waals surface area contributed by atoms with Crippen LogP contribution in [0, 0.1) is 11.8 Å². The molecule has 0 aliphatic rings. The lowest BCUT2D eigenvalue weighted by Crippen LogP contribution is -2.50. The van der Waals surface area contributed by atoms with Gasteiger partial charge in [-0.1, -0.05) is 50.2 Å². The fraction of sp³-hybridized carbons (Fsp3) is 0.409. The van der Waals surface area contributed by atoms with E-state index >= 15 is 0 Å². The molecule has 1 aromatic heterocycles. The van der Waals surface area contributed by atoms with Crippen molar-refractivity contribution < 1.29 is 24.7 Å². The molecular formula is C22H29BN2O5. The number of aromatic nitrogens is 1. The molecule has 160 valence electrons. The van der Waals surface area contributed by atoms with Gasteiger partial charge in [-0.2, -0.15) is 0 Å². The normalized spacial score (nSPS) is 14.1. The lowest BCUT2D eigenvalue weighted by molar-refractivity contribution is -0.128. The molecule has 2 rings (SSSR count). The van der Waals surface area contributed by atoms with Crippen molar-refractivity contribution in [3.8, 4) is 11.3 Å². The van der Waals surface area contributed by atoms with Crippen LogP contribution in [0.15, 0.2) is 48.5 Å². The molecule has 1 aromatic carbocycles. The Morgan fingerprint density at radius 3 is 2.27 bits per heavy atom. The summed E-state index contributed by atoms with van der Waals surface area (Å²) in [6, 6.07) is 14.5. The van der Waals surface area contributed by atoms with E-state index in [4.69, 9.17) is 0 Å². The minimum atomic E-state index is -1.73. The number of hydrogen-bond acceptors (Lipinski definition) is 6. The monoisotopic (exact) mass is 412 g/mol. The Balaban J connectivity index is 2.14. The van der Waals surface area contributed by atoms with Crippen molar-refractivity contribution in [2.75, 3.05) is 0 Å². The van der Waals surface area contributed by atoms with Gasteiger partial charge in [0.25, 0.3) is 0 Å². The maximum atomic E-state index is 12.8. The Hall–Kier alpha value is -2.55. The number of aliphatic hydroxyl groups excluding tert-OH is 1. The summed E-state index contributed by atoms with van der Waals surface area (Å²) >= 11 is 0. The molecule has 0 spiro atoms. The van der Waals surface area contributed by atoms with Crippen molar-refractivity contribution in [2.24, 2.45) is 11.8 Å². The number of benzene rings is 1. The first-order valence-corrected chi connectivity index (χ1v) is 10.1. The molecule has 1 amide bonds. The third-order valence-corrected chi connectivity index (χ3v) is 4.84. The van der Waals surface area contributed by atoms with E-state index in [2.05, 4.69) is 10.3 Å². The summed E-state index contributed by atoms with van der Waals surface area (Å²) in [4.78, 5) is 29.9. The second-order valence-corrected chi connectivity index (χ2v) is 7.91. The number of pyridine rings is 1. The summed E-state index contributed by atoms with van der Waals surface area (Å²) in [5.41, 5.74) is 1.71. The molecule has 3 atom stereocenters. The molecule has 0 bridgehead atoms. The molecule has 0 saturated heterocycles. The average Bonchev–Trinajstić information content (AvgIpc) is 2.71. The first-order chi connectivity index (χ1) is 14.2. The Bertz CT molecular complexity index is 842. The molecule has 1 heterocycles. The van der Waals surface area contributed by atoms with Crippen LogP contribution in [0.25, 0.3) is 11.3 Å². The zero-order valence-electron chi connectivity index (χ0n) is 17.5. The molecule has 0 fully saturated rings. The summed E-state index contributed by atoms with van der Waals surface area (Å²) in [7, 11) is -1.73. The van der Waals surface area contributed by atoms with Crippen LogP contribution in [0.5, 0.6) is 0 Å². The molecule has 0 saturated carbocycles. The average molecular weight is 412 g/mol. The Labute approximate surface area is 177 Å². The number of carbonyl (C=O) groups excluding carboxylic acids is 2. The van der Waals surface area contributed by atoms with Crippen molar-refractivity contribution in [3.05, 3.63) is 54.2 Å².